The molecule has 0 aliphatic carbocycles. The van der Waals surface area contributed by atoms with Crippen LogP contribution in [0.5, 0.6) is 0 Å². The van der Waals surface area contributed by atoms with Crippen LogP contribution in [0.3, 0.4) is 0 Å². The van der Waals surface area contributed by atoms with Crippen LogP contribution in [0.1, 0.15) is 10.4 Å². The molecule has 0 bridgehead atoms. The van der Waals surface area contributed by atoms with Gasteiger partial charge in [-0.05, 0) is 36.4 Å². The number of anilines is 3. The molecule has 148 valence electrons. The Morgan fingerprint density at radius 2 is 1.55 bits per heavy atom. The quantitative estimate of drug-likeness (QED) is 0.725. The highest BCUT2D eigenvalue weighted by molar-refractivity contribution is 5.94. The van der Waals surface area contributed by atoms with Crippen LogP contribution in [0.25, 0.3) is 0 Å². The molecule has 1 aliphatic rings. The summed E-state index contributed by atoms with van der Waals surface area (Å²) in [6, 6.07) is 16.3. The topological polar surface area (TPSA) is 48.5 Å². The predicted octanol–water partition coefficient (Wildman–Crippen LogP) is 4.07. The fourth-order valence-corrected chi connectivity index (χ4v) is 3.34. The molecule has 4 rings (SSSR count). The van der Waals surface area contributed by atoms with Crippen molar-refractivity contribution in [3.63, 3.8) is 0 Å². The number of nitrogens with zero attached hydrogens (tertiary/aromatic N) is 3. The lowest BCUT2D eigenvalue weighted by atomic mass is 10.2. The monoisotopic (exact) mass is 394 g/mol. The van der Waals surface area contributed by atoms with Gasteiger partial charge in [-0.2, -0.15) is 0 Å². The van der Waals surface area contributed by atoms with E-state index in [1.54, 1.807) is 53.4 Å². The molecule has 1 saturated heterocycles. The van der Waals surface area contributed by atoms with Crippen LogP contribution in [0.4, 0.5) is 26.0 Å². The van der Waals surface area contributed by atoms with Crippen LogP contribution in [0.15, 0.2) is 66.9 Å². The lowest BCUT2D eigenvalue weighted by Crippen LogP contribution is -2.49. The third kappa shape index (κ3) is 4.18. The highest BCUT2D eigenvalue weighted by atomic mass is 19.1. The summed E-state index contributed by atoms with van der Waals surface area (Å²) in [6.45, 7) is 2.13. The zero-order chi connectivity index (χ0) is 20.2. The van der Waals surface area contributed by atoms with Crippen molar-refractivity contribution in [2.24, 2.45) is 0 Å². The largest absolute Gasteiger partial charge is 0.366 e. The van der Waals surface area contributed by atoms with Crippen LogP contribution < -0.4 is 10.2 Å². The molecule has 2 aromatic carbocycles. The van der Waals surface area contributed by atoms with Crippen molar-refractivity contribution in [3.05, 3.63) is 84.1 Å². The van der Waals surface area contributed by atoms with E-state index < -0.39 is 0 Å². The van der Waals surface area contributed by atoms with Gasteiger partial charge in [-0.1, -0.05) is 24.3 Å². The van der Waals surface area contributed by atoms with Gasteiger partial charge < -0.3 is 15.1 Å². The van der Waals surface area contributed by atoms with Crippen LogP contribution in [-0.2, 0) is 0 Å². The van der Waals surface area contributed by atoms with Gasteiger partial charge in [0.05, 0.1) is 16.9 Å². The third-order valence-corrected chi connectivity index (χ3v) is 4.91. The minimum Gasteiger partial charge on any atom is -0.366 e. The van der Waals surface area contributed by atoms with E-state index in [0.29, 0.717) is 48.9 Å². The number of halogens is 2. The summed E-state index contributed by atoms with van der Waals surface area (Å²) in [5, 5.41) is 2.89. The van der Waals surface area contributed by atoms with Crippen LogP contribution in [0, 0.1) is 11.6 Å². The van der Waals surface area contributed by atoms with E-state index in [4.69, 9.17) is 0 Å². The Balaban J connectivity index is 1.38. The Bertz CT molecular complexity index is 1000. The number of rotatable bonds is 4. The van der Waals surface area contributed by atoms with E-state index in [2.05, 4.69) is 10.3 Å². The fourth-order valence-electron chi connectivity index (χ4n) is 3.34. The Labute approximate surface area is 167 Å². The number of hydrogen-bond acceptors (Lipinski definition) is 4. The van der Waals surface area contributed by atoms with Gasteiger partial charge >= 0.3 is 0 Å². The molecule has 1 amide bonds. The molecular formula is C22H20F2N4O. The maximum atomic E-state index is 14.0. The third-order valence-electron chi connectivity index (χ3n) is 4.91. The van der Waals surface area contributed by atoms with Gasteiger partial charge in [0.15, 0.2) is 0 Å². The molecule has 1 N–H and O–H groups in total. The minimum absolute atomic E-state index is 0.122. The molecule has 0 spiro atoms. The van der Waals surface area contributed by atoms with Crippen LogP contribution in [0.2, 0.25) is 0 Å². The van der Waals surface area contributed by atoms with E-state index in [9.17, 15) is 13.6 Å². The molecular weight excluding hydrogens is 374 g/mol. The van der Waals surface area contributed by atoms with Crippen molar-refractivity contribution in [1.82, 2.24) is 9.88 Å². The molecule has 1 fully saturated rings. The standard InChI is InChI=1S/C22H20F2N4O/c23-17-5-1-3-7-19(17)26-21-10-9-16(15-25-21)22(29)28-13-11-27(12-14-28)20-8-4-2-6-18(20)24/h1-10,15H,11-14H2,(H,25,26). The smallest absolute Gasteiger partial charge is 0.255 e. The van der Waals surface area contributed by atoms with Crippen molar-refractivity contribution >= 4 is 23.1 Å². The second kappa shape index (κ2) is 8.26. The minimum atomic E-state index is -0.373. The number of hydrogen-bond donors (Lipinski definition) is 1. The van der Waals surface area contributed by atoms with Crippen LogP contribution in [-0.4, -0.2) is 42.0 Å². The van der Waals surface area contributed by atoms with E-state index in [0.717, 1.165) is 0 Å². The molecule has 5 nitrogen and oxygen atoms in total. The first-order valence-electron chi connectivity index (χ1n) is 9.38. The van der Waals surface area contributed by atoms with Crippen molar-refractivity contribution in [2.45, 2.75) is 0 Å². The predicted molar refractivity (Wildman–Crippen MR) is 108 cm³/mol. The number of carbonyl (C=O) groups is 1. The average molecular weight is 394 g/mol. The summed E-state index contributed by atoms with van der Waals surface area (Å²) in [7, 11) is 0. The average Bonchev–Trinajstić information content (AvgIpc) is 2.76. The molecule has 0 unspecified atom stereocenters. The summed E-state index contributed by atoms with van der Waals surface area (Å²) in [4.78, 5) is 20.6. The zero-order valence-electron chi connectivity index (χ0n) is 15.7. The lowest BCUT2D eigenvalue weighted by molar-refractivity contribution is 0.0746. The SMILES string of the molecule is O=C(c1ccc(Nc2ccccc2F)nc1)N1CCN(c2ccccc2F)CC1. The van der Waals surface area contributed by atoms with E-state index in [-0.39, 0.29) is 17.5 Å². The maximum absolute atomic E-state index is 14.0. The zero-order valence-corrected chi connectivity index (χ0v) is 15.7. The number of piperazine rings is 1. The number of amides is 1. The highest BCUT2D eigenvalue weighted by Crippen LogP contribution is 2.21. The molecule has 1 aromatic heterocycles. The lowest BCUT2D eigenvalue weighted by Gasteiger charge is -2.36. The summed E-state index contributed by atoms with van der Waals surface area (Å²) in [6.07, 6.45) is 1.48. The first-order chi connectivity index (χ1) is 14.1. The van der Waals surface area contributed by atoms with Crippen molar-refractivity contribution in [2.75, 3.05) is 36.4 Å². The molecule has 1 aliphatic heterocycles. The number of carbonyl (C=O) groups excluding carboxylic acids is 1. The van der Waals surface area contributed by atoms with Crippen molar-refractivity contribution in [1.29, 1.82) is 0 Å². The first kappa shape index (κ1) is 18.9. The van der Waals surface area contributed by atoms with Gasteiger partial charge in [0.25, 0.3) is 5.91 Å². The van der Waals surface area contributed by atoms with E-state index in [1.807, 2.05) is 4.90 Å². The molecule has 29 heavy (non-hydrogen) atoms. The Morgan fingerprint density at radius 3 is 2.21 bits per heavy atom. The summed E-state index contributed by atoms with van der Waals surface area (Å²) in [5.74, 6) is -0.296. The number of pyridine rings is 1. The number of nitrogens with one attached hydrogen (secondary N) is 1. The molecule has 0 atom stereocenters. The second-order valence-corrected chi connectivity index (χ2v) is 6.77. The van der Waals surface area contributed by atoms with Gasteiger partial charge in [0, 0.05) is 32.4 Å². The Hall–Kier alpha value is -3.48. The molecule has 7 heteroatoms. The van der Waals surface area contributed by atoms with Gasteiger partial charge in [-0.3, -0.25) is 4.79 Å². The van der Waals surface area contributed by atoms with Gasteiger partial charge in [-0.25, -0.2) is 13.8 Å². The van der Waals surface area contributed by atoms with Crippen LogP contribution >= 0.6 is 0 Å². The van der Waals surface area contributed by atoms with E-state index in [1.165, 1.54) is 18.3 Å². The number of aromatic nitrogens is 1. The highest BCUT2D eigenvalue weighted by Gasteiger charge is 2.23. The number of para-hydroxylation sites is 2. The molecule has 0 radical (unpaired) electrons. The summed E-state index contributed by atoms with van der Waals surface area (Å²) < 4.78 is 27.7. The summed E-state index contributed by atoms with van der Waals surface area (Å²) in [5.41, 5.74) is 1.34. The van der Waals surface area contributed by atoms with Gasteiger partial charge in [0.2, 0.25) is 0 Å². The summed E-state index contributed by atoms with van der Waals surface area (Å²) >= 11 is 0. The van der Waals surface area contributed by atoms with Gasteiger partial charge in [0.1, 0.15) is 17.5 Å². The molecule has 3 aromatic rings. The molecule has 2 heterocycles. The maximum Gasteiger partial charge on any atom is 0.255 e. The first-order valence-corrected chi connectivity index (χ1v) is 9.38. The Morgan fingerprint density at radius 1 is 0.862 bits per heavy atom. The number of benzene rings is 2. The fraction of sp³-hybridized carbons (Fsp3) is 0.182. The van der Waals surface area contributed by atoms with Crippen molar-refractivity contribution < 1.29 is 13.6 Å². The molecule has 0 saturated carbocycles. The Kier molecular flexibility index (Phi) is 5.37. The second-order valence-electron chi connectivity index (χ2n) is 6.77. The van der Waals surface area contributed by atoms with Crippen molar-refractivity contribution in [3.8, 4) is 0 Å². The van der Waals surface area contributed by atoms with E-state index >= 15 is 0 Å². The van der Waals surface area contributed by atoms with Gasteiger partial charge in [-0.15, -0.1) is 0 Å². The normalized spacial score (nSPS) is 14.0.